The predicted molar refractivity (Wildman–Crippen MR) is 124 cm³/mol. The van der Waals surface area contributed by atoms with Crippen LogP contribution in [0.15, 0.2) is 24.3 Å². The van der Waals surface area contributed by atoms with Crippen LogP contribution in [0.25, 0.3) is 0 Å². The van der Waals surface area contributed by atoms with Crippen molar-refractivity contribution >= 4 is 17.9 Å². The molecule has 0 bridgehead atoms. The number of ether oxygens (including phenoxy) is 1. The topological polar surface area (TPSA) is 108 Å². The van der Waals surface area contributed by atoms with E-state index in [1.807, 2.05) is 20.8 Å². The molecule has 1 aromatic rings. The highest BCUT2D eigenvalue weighted by molar-refractivity contribution is 5.92. The second-order valence-corrected chi connectivity index (χ2v) is 9.13. The fraction of sp³-hybridized carbons (Fsp3) is 0.625. The number of nitrogens with one attached hydrogen (secondary N) is 2. The van der Waals surface area contributed by atoms with Crippen molar-refractivity contribution in [3.8, 4) is 5.75 Å². The van der Waals surface area contributed by atoms with Gasteiger partial charge in [-0.15, -0.1) is 0 Å². The van der Waals surface area contributed by atoms with Crippen molar-refractivity contribution in [1.82, 2.24) is 15.5 Å². The lowest BCUT2D eigenvalue weighted by Gasteiger charge is -2.35. The Balaban J connectivity index is 3.26. The summed E-state index contributed by atoms with van der Waals surface area (Å²) in [6, 6.07) is 4.49. The van der Waals surface area contributed by atoms with E-state index >= 15 is 0 Å². The first-order valence-corrected chi connectivity index (χ1v) is 11.3. The smallest absolute Gasteiger partial charge is 0.408 e. The van der Waals surface area contributed by atoms with Gasteiger partial charge in [-0.3, -0.25) is 9.59 Å². The van der Waals surface area contributed by atoms with Crippen molar-refractivity contribution in [3.63, 3.8) is 0 Å². The number of aromatic hydroxyl groups is 1. The van der Waals surface area contributed by atoms with E-state index in [1.165, 1.54) is 17.0 Å². The average Bonchev–Trinajstić information content (AvgIpc) is 2.68. The molecule has 0 saturated heterocycles. The van der Waals surface area contributed by atoms with E-state index in [4.69, 9.17) is 4.74 Å². The Hall–Kier alpha value is -2.77. The Morgan fingerprint density at radius 3 is 2.31 bits per heavy atom. The number of amides is 3. The van der Waals surface area contributed by atoms with Crippen LogP contribution in [0.4, 0.5) is 4.79 Å². The molecular formula is C24H39N3O5. The average molecular weight is 450 g/mol. The van der Waals surface area contributed by atoms with Gasteiger partial charge in [0.25, 0.3) is 0 Å². The number of benzene rings is 1. The number of rotatable bonds is 10. The van der Waals surface area contributed by atoms with Gasteiger partial charge in [0.05, 0.1) is 0 Å². The third kappa shape index (κ3) is 8.40. The van der Waals surface area contributed by atoms with Crippen LogP contribution in [0.3, 0.4) is 0 Å². The van der Waals surface area contributed by atoms with E-state index in [9.17, 15) is 19.5 Å². The van der Waals surface area contributed by atoms with Gasteiger partial charge in [-0.05, 0) is 57.7 Å². The minimum absolute atomic E-state index is 0.00431. The van der Waals surface area contributed by atoms with Gasteiger partial charge in [0.1, 0.15) is 23.4 Å². The molecular weight excluding hydrogens is 410 g/mol. The molecule has 0 fully saturated rings. The zero-order valence-electron chi connectivity index (χ0n) is 20.4. The molecule has 2 atom stereocenters. The minimum Gasteiger partial charge on any atom is -0.508 e. The molecule has 8 nitrogen and oxygen atoms in total. The van der Waals surface area contributed by atoms with Crippen molar-refractivity contribution in [2.45, 2.75) is 79.0 Å². The van der Waals surface area contributed by atoms with Gasteiger partial charge in [0, 0.05) is 13.1 Å². The van der Waals surface area contributed by atoms with Crippen LogP contribution in [0.1, 0.15) is 72.9 Å². The summed E-state index contributed by atoms with van der Waals surface area (Å²) in [7, 11) is 0. The summed E-state index contributed by atoms with van der Waals surface area (Å²) in [4.78, 5) is 40.5. The van der Waals surface area contributed by atoms with Gasteiger partial charge in [0.15, 0.2) is 0 Å². The number of phenols is 1. The predicted octanol–water partition coefficient (Wildman–Crippen LogP) is 3.75. The zero-order chi connectivity index (χ0) is 24.5. The summed E-state index contributed by atoms with van der Waals surface area (Å²) in [5, 5.41) is 15.5. The summed E-state index contributed by atoms with van der Waals surface area (Å²) >= 11 is 0. The van der Waals surface area contributed by atoms with E-state index in [0.29, 0.717) is 12.1 Å². The van der Waals surface area contributed by atoms with Crippen LogP contribution in [0, 0.1) is 5.92 Å². The number of carbonyl (C=O) groups excluding carboxylic acids is 3. The quantitative estimate of drug-likeness (QED) is 0.472. The summed E-state index contributed by atoms with van der Waals surface area (Å²) in [6.45, 7) is 13.4. The van der Waals surface area contributed by atoms with E-state index in [0.717, 1.165) is 12.8 Å². The molecule has 0 heterocycles. The number of phenolic OH excluding ortho intramolecular Hbond substituents is 1. The Bertz CT molecular complexity index is 773. The van der Waals surface area contributed by atoms with Gasteiger partial charge < -0.3 is 25.4 Å². The lowest BCUT2D eigenvalue weighted by Crippen LogP contribution is -2.54. The molecule has 0 aliphatic carbocycles. The Morgan fingerprint density at radius 1 is 1.16 bits per heavy atom. The fourth-order valence-corrected chi connectivity index (χ4v) is 3.25. The van der Waals surface area contributed by atoms with Crippen molar-refractivity contribution in [3.05, 3.63) is 29.8 Å². The minimum atomic E-state index is -0.946. The molecule has 0 radical (unpaired) electrons. The van der Waals surface area contributed by atoms with Gasteiger partial charge in [-0.2, -0.15) is 0 Å². The standard InChI is InChI=1S/C24H39N3O5/c1-8-10-14-25-21(29)20(17-12-11-13-18(28)15-17)27(9-2)22(30)19(16(3)4)26-23(31)32-24(5,6)7/h11-13,15-16,19-20,28H,8-10,14H2,1-7H3,(H,25,29)(H,26,31). The highest BCUT2D eigenvalue weighted by Gasteiger charge is 2.36. The molecule has 0 saturated carbocycles. The SMILES string of the molecule is CCCCNC(=O)C(c1cccc(O)c1)N(CC)C(=O)C(NC(=O)OC(C)(C)C)C(C)C. The van der Waals surface area contributed by atoms with Crippen molar-refractivity contribution < 1.29 is 24.2 Å². The van der Waals surface area contributed by atoms with Gasteiger partial charge >= 0.3 is 6.09 Å². The van der Waals surface area contributed by atoms with Gasteiger partial charge in [0.2, 0.25) is 11.8 Å². The Labute approximate surface area is 191 Å². The highest BCUT2D eigenvalue weighted by Crippen LogP contribution is 2.26. The number of unbranched alkanes of at least 4 members (excludes halogenated alkanes) is 1. The van der Waals surface area contributed by atoms with Crippen LogP contribution < -0.4 is 10.6 Å². The normalized spacial score (nSPS) is 13.2. The van der Waals surface area contributed by atoms with Crippen LogP contribution in [0.2, 0.25) is 0 Å². The molecule has 0 spiro atoms. The summed E-state index contributed by atoms with van der Waals surface area (Å²) in [6.07, 6.45) is 1.04. The van der Waals surface area contributed by atoms with Crippen molar-refractivity contribution in [2.75, 3.05) is 13.1 Å². The van der Waals surface area contributed by atoms with Crippen LogP contribution in [-0.4, -0.2) is 52.6 Å². The van der Waals surface area contributed by atoms with Gasteiger partial charge in [-0.25, -0.2) is 4.79 Å². The first-order chi connectivity index (χ1) is 14.9. The Morgan fingerprint density at radius 2 is 1.81 bits per heavy atom. The highest BCUT2D eigenvalue weighted by atomic mass is 16.6. The maximum atomic E-state index is 13.6. The second kappa shape index (κ2) is 12.3. The van der Waals surface area contributed by atoms with Crippen LogP contribution in [-0.2, 0) is 14.3 Å². The first-order valence-electron chi connectivity index (χ1n) is 11.3. The zero-order valence-corrected chi connectivity index (χ0v) is 20.4. The summed E-state index contributed by atoms with van der Waals surface area (Å²) in [5.74, 6) is -0.965. The number of hydrogen-bond acceptors (Lipinski definition) is 5. The van der Waals surface area contributed by atoms with Crippen LogP contribution in [0.5, 0.6) is 5.75 Å². The molecule has 0 aliphatic heterocycles. The molecule has 8 heteroatoms. The third-order valence-corrected chi connectivity index (χ3v) is 4.80. The molecule has 32 heavy (non-hydrogen) atoms. The number of likely N-dealkylation sites (N-methyl/N-ethyl adjacent to an activating group) is 1. The molecule has 0 aliphatic rings. The monoisotopic (exact) mass is 449 g/mol. The Kier molecular flexibility index (Phi) is 10.5. The third-order valence-electron chi connectivity index (χ3n) is 4.80. The first kappa shape index (κ1) is 27.3. The molecule has 2 unspecified atom stereocenters. The molecule has 0 aromatic heterocycles. The summed E-state index contributed by atoms with van der Waals surface area (Å²) < 4.78 is 5.32. The van der Waals surface area contributed by atoms with Gasteiger partial charge in [-0.1, -0.05) is 39.3 Å². The van der Waals surface area contributed by atoms with Crippen molar-refractivity contribution in [1.29, 1.82) is 0 Å². The second-order valence-electron chi connectivity index (χ2n) is 9.13. The molecule has 3 N–H and O–H groups in total. The maximum Gasteiger partial charge on any atom is 0.408 e. The lowest BCUT2D eigenvalue weighted by molar-refractivity contribution is -0.143. The fourth-order valence-electron chi connectivity index (χ4n) is 3.25. The lowest BCUT2D eigenvalue weighted by atomic mass is 9.98. The molecule has 3 amide bonds. The van der Waals surface area contributed by atoms with Crippen molar-refractivity contribution in [2.24, 2.45) is 5.92 Å². The number of hydrogen-bond donors (Lipinski definition) is 3. The summed E-state index contributed by atoms with van der Waals surface area (Å²) in [5.41, 5.74) is -0.212. The van der Waals surface area contributed by atoms with E-state index in [-0.39, 0.29) is 24.1 Å². The van der Waals surface area contributed by atoms with E-state index in [2.05, 4.69) is 10.6 Å². The maximum absolute atomic E-state index is 13.6. The van der Waals surface area contributed by atoms with E-state index < -0.39 is 29.7 Å². The number of alkyl carbamates (subject to hydrolysis) is 1. The molecule has 180 valence electrons. The van der Waals surface area contributed by atoms with E-state index in [1.54, 1.807) is 39.8 Å². The molecule has 1 aromatic carbocycles. The number of carbonyl (C=O) groups is 3. The number of nitrogens with zero attached hydrogens (tertiary/aromatic N) is 1. The molecule has 1 rings (SSSR count). The van der Waals surface area contributed by atoms with Crippen LogP contribution >= 0.6 is 0 Å². The largest absolute Gasteiger partial charge is 0.508 e.